The van der Waals surface area contributed by atoms with Crippen molar-refractivity contribution >= 4 is 16.8 Å². The largest absolute Gasteiger partial charge is 0.355 e. The number of nitriles is 1. The van der Waals surface area contributed by atoms with Crippen molar-refractivity contribution in [1.82, 2.24) is 14.9 Å². The summed E-state index contributed by atoms with van der Waals surface area (Å²) in [7, 11) is 3.61. The van der Waals surface area contributed by atoms with Gasteiger partial charge in [0, 0.05) is 42.4 Å². The van der Waals surface area contributed by atoms with Crippen LogP contribution in [0.1, 0.15) is 15.9 Å². The van der Waals surface area contributed by atoms with Crippen molar-refractivity contribution in [2.75, 3.05) is 7.05 Å². The number of amides is 1. The van der Waals surface area contributed by atoms with E-state index in [1.165, 1.54) is 0 Å². The van der Waals surface area contributed by atoms with Gasteiger partial charge in [-0.25, -0.2) is 0 Å². The SMILES string of the molecule is CNC(=O)c1ccc(-c2ncc3c(ccn3C)c2-c2ccc(C#N)cc2)cc1. The van der Waals surface area contributed by atoms with E-state index in [-0.39, 0.29) is 5.91 Å². The summed E-state index contributed by atoms with van der Waals surface area (Å²) < 4.78 is 2.04. The molecule has 2 heterocycles. The summed E-state index contributed by atoms with van der Waals surface area (Å²) in [5.74, 6) is -0.120. The molecule has 0 aliphatic heterocycles. The van der Waals surface area contributed by atoms with E-state index in [0.29, 0.717) is 11.1 Å². The molecule has 5 heteroatoms. The standard InChI is InChI=1S/C23H18N4O/c1-25-23(28)18-9-7-17(8-10-18)22-21(16-5-3-15(13-24)4-6-16)19-11-12-27(2)20(19)14-26-22/h3-12,14H,1-2H3,(H,25,28). The fourth-order valence-electron chi connectivity index (χ4n) is 3.38. The Morgan fingerprint density at radius 3 is 2.36 bits per heavy atom. The van der Waals surface area contributed by atoms with E-state index in [9.17, 15) is 4.79 Å². The summed E-state index contributed by atoms with van der Waals surface area (Å²) in [6.07, 6.45) is 3.88. The Morgan fingerprint density at radius 2 is 1.71 bits per heavy atom. The molecule has 2 aromatic heterocycles. The second-order valence-electron chi connectivity index (χ2n) is 6.55. The molecule has 2 aromatic carbocycles. The maximum atomic E-state index is 11.8. The van der Waals surface area contributed by atoms with Gasteiger partial charge in [-0.1, -0.05) is 24.3 Å². The Bertz CT molecular complexity index is 1210. The number of aromatic nitrogens is 2. The molecule has 0 saturated heterocycles. The van der Waals surface area contributed by atoms with Gasteiger partial charge in [0.15, 0.2) is 0 Å². The van der Waals surface area contributed by atoms with Crippen LogP contribution in [0.15, 0.2) is 67.0 Å². The molecule has 0 aliphatic rings. The third-order valence-corrected chi connectivity index (χ3v) is 4.89. The van der Waals surface area contributed by atoms with Gasteiger partial charge in [0.05, 0.1) is 29.0 Å². The van der Waals surface area contributed by atoms with E-state index in [1.54, 1.807) is 19.2 Å². The van der Waals surface area contributed by atoms with E-state index in [2.05, 4.69) is 17.5 Å². The first kappa shape index (κ1) is 17.5. The lowest BCUT2D eigenvalue weighted by Crippen LogP contribution is -2.17. The van der Waals surface area contributed by atoms with Crippen LogP contribution in [0.3, 0.4) is 0 Å². The normalized spacial score (nSPS) is 10.6. The summed E-state index contributed by atoms with van der Waals surface area (Å²) in [5, 5.41) is 12.8. The fourth-order valence-corrected chi connectivity index (χ4v) is 3.38. The summed E-state index contributed by atoms with van der Waals surface area (Å²) in [5.41, 5.74) is 6.03. The van der Waals surface area contributed by atoms with Crippen LogP contribution >= 0.6 is 0 Å². The van der Waals surface area contributed by atoms with Crippen LogP contribution in [0.5, 0.6) is 0 Å². The van der Waals surface area contributed by atoms with E-state index in [1.807, 2.05) is 60.4 Å². The van der Waals surface area contributed by atoms with Crippen molar-refractivity contribution in [3.8, 4) is 28.5 Å². The van der Waals surface area contributed by atoms with Gasteiger partial charge in [-0.3, -0.25) is 9.78 Å². The number of hydrogen-bond acceptors (Lipinski definition) is 3. The highest BCUT2D eigenvalue weighted by Gasteiger charge is 2.15. The van der Waals surface area contributed by atoms with E-state index in [0.717, 1.165) is 33.3 Å². The molecule has 0 atom stereocenters. The van der Waals surface area contributed by atoms with Crippen molar-refractivity contribution < 1.29 is 4.79 Å². The first-order chi connectivity index (χ1) is 13.6. The number of nitrogens with zero attached hydrogens (tertiary/aromatic N) is 3. The fraction of sp³-hybridized carbons (Fsp3) is 0.0870. The zero-order valence-corrected chi connectivity index (χ0v) is 15.6. The molecule has 0 radical (unpaired) electrons. The second kappa shape index (κ2) is 7.01. The number of rotatable bonds is 3. The lowest BCUT2D eigenvalue weighted by atomic mass is 9.95. The predicted molar refractivity (Wildman–Crippen MR) is 110 cm³/mol. The minimum Gasteiger partial charge on any atom is -0.355 e. The van der Waals surface area contributed by atoms with Crippen molar-refractivity contribution in [2.24, 2.45) is 7.05 Å². The number of hydrogen-bond donors (Lipinski definition) is 1. The number of aryl methyl sites for hydroxylation is 1. The average molecular weight is 366 g/mol. The Balaban J connectivity index is 1.93. The van der Waals surface area contributed by atoms with Gasteiger partial charge in [0.25, 0.3) is 5.91 Å². The van der Waals surface area contributed by atoms with Crippen LogP contribution < -0.4 is 5.32 Å². The van der Waals surface area contributed by atoms with Crippen molar-refractivity contribution in [2.45, 2.75) is 0 Å². The number of fused-ring (bicyclic) bond motifs is 1. The number of carbonyl (C=O) groups excluding carboxylic acids is 1. The quantitative estimate of drug-likeness (QED) is 0.592. The summed E-state index contributed by atoms with van der Waals surface area (Å²) in [4.78, 5) is 16.6. The van der Waals surface area contributed by atoms with Gasteiger partial charge in [-0.2, -0.15) is 5.26 Å². The van der Waals surface area contributed by atoms with Gasteiger partial charge in [0.1, 0.15) is 0 Å². The van der Waals surface area contributed by atoms with Crippen LogP contribution in [-0.2, 0) is 7.05 Å². The molecule has 0 fully saturated rings. The van der Waals surface area contributed by atoms with Crippen LogP contribution in [0.2, 0.25) is 0 Å². The average Bonchev–Trinajstić information content (AvgIpc) is 3.13. The number of nitrogens with one attached hydrogen (secondary N) is 1. The Hall–Kier alpha value is -3.91. The third kappa shape index (κ3) is 2.91. The molecule has 0 aliphatic carbocycles. The molecular weight excluding hydrogens is 348 g/mol. The topological polar surface area (TPSA) is 70.7 Å². The highest BCUT2D eigenvalue weighted by molar-refractivity contribution is 6.02. The lowest BCUT2D eigenvalue weighted by molar-refractivity contribution is 0.0963. The molecule has 5 nitrogen and oxygen atoms in total. The zero-order valence-electron chi connectivity index (χ0n) is 15.6. The molecule has 0 spiro atoms. The Morgan fingerprint density at radius 1 is 1.04 bits per heavy atom. The Kier molecular flexibility index (Phi) is 4.38. The van der Waals surface area contributed by atoms with Gasteiger partial charge in [-0.15, -0.1) is 0 Å². The maximum absolute atomic E-state index is 11.8. The van der Waals surface area contributed by atoms with Crippen molar-refractivity contribution in [3.63, 3.8) is 0 Å². The highest BCUT2D eigenvalue weighted by Crippen LogP contribution is 2.37. The van der Waals surface area contributed by atoms with Crippen LogP contribution in [0.4, 0.5) is 0 Å². The minimum atomic E-state index is -0.120. The van der Waals surface area contributed by atoms with E-state index in [4.69, 9.17) is 10.2 Å². The second-order valence-corrected chi connectivity index (χ2v) is 6.55. The summed E-state index contributed by atoms with van der Waals surface area (Å²) in [6.45, 7) is 0. The summed E-state index contributed by atoms with van der Waals surface area (Å²) in [6, 6.07) is 19.2. The first-order valence-corrected chi connectivity index (χ1v) is 8.89. The number of benzene rings is 2. The molecule has 4 aromatic rings. The van der Waals surface area contributed by atoms with E-state index >= 15 is 0 Å². The predicted octanol–water partition coefficient (Wildman–Crippen LogP) is 4.14. The van der Waals surface area contributed by atoms with Gasteiger partial charge in [-0.05, 0) is 35.9 Å². The molecule has 28 heavy (non-hydrogen) atoms. The number of carbonyl (C=O) groups is 1. The monoisotopic (exact) mass is 366 g/mol. The number of pyridine rings is 1. The zero-order chi connectivity index (χ0) is 19.7. The minimum absolute atomic E-state index is 0.120. The third-order valence-electron chi connectivity index (χ3n) is 4.89. The van der Waals surface area contributed by atoms with Crippen molar-refractivity contribution in [3.05, 3.63) is 78.1 Å². The lowest BCUT2D eigenvalue weighted by Gasteiger charge is -2.12. The molecule has 0 bridgehead atoms. The van der Waals surface area contributed by atoms with Crippen LogP contribution in [0.25, 0.3) is 33.3 Å². The smallest absolute Gasteiger partial charge is 0.251 e. The molecule has 4 rings (SSSR count). The van der Waals surface area contributed by atoms with Crippen LogP contribution in [-0.4, -0.2) is 22.5 Å². The van der Waals surface area contributed by atoms with Gasteiger partial charge < -0.3 is 9.88 Å². The van der Waals surface area contributed by atoms with E-state index < -0.39 is 0 Å². The molecule has 1 amide bonds. The summed E-state index contributed by atoms with van der Waals surface area (Å²) >= 11 is 0. The van der Waals surface area contributed by atoms with Crippen LogP contribution in [0, 0.1) is 11.3 Å². The molecule has 0 saturated carbocycles. The molecular formula is C23H18N4O. The molecule has 1 N–H and O–H groups in total. The first-order valence-electron chi connectivity index (χ1n) is 8.89. The van der Waals surface area contributed by atoms with Gasteiger partial charge in [0.2, 0.25) is 0 Å². The molecule has 136 valence electrons. The highest BCUT2D eigenvalue weighted by atomic mass is 16.1. The van der Waals surface area contributed by atoms with Crippen molar-refractivity contribution in [1.29, 1.82) is 5.26 Å². The molecule has 0 unspecified atom stereocenters. The van der Waals surface area contributed by atoms with Gasteiger partial charge >= 0.3 is 0 Å². The Labute approximate surface area is 162 Å². The maximum Gasteiger partial charge on any atom is 0.251 e.